The Bertz CT molecular complexity index is 605. The number of thiazole rings is 1. The molecule has 2 rings (SSSR count). The van der Waals surface area contributed by atoms with E-state index in [4.69, 9.17) is 5.73 Å². The average molecular weight is 343 g/mol. The van der Waals surface area contributed by atoms with Gasteiger partial charge in [0.25, 0.3) is 0 Å². The molecule has 0 aliphatic rings. The number of halogens is 1. The summed E-state index contributed by atoms with van der Waals surface area (Å²) in [5.41, 5.74) is 7.78. The van der Waals surface area contributed by atoms with E-state index in [1.54, 1.807) is 5.38 Å². The predicted octanol–water partition coefficient (Wildman–Crippen LogP) is 2.31. The molecule has 0 aliphatic carbocycles. The van der Waals surface area contributed by atoms with Crippen LogP contribution in [0, 0.1) is 6.92 Å². The van der Waals surface area contributed by atoms with Gasteiger partial charge in [-0.3, -0.25) is 9.48 Å². The van der Waals surface area contributed by atoms with Crippen molar-refractivity contribution < 1.29 is 4.79 Å². The summed E-state index contributed by atoms with van der Waals surface area (Å²) < 4.78 is 2.74. The number of hydrogen-bond acceptors (Lipinski definition) is 5. The molecule has 0 spiro atoms. The van der Waals surface area contributed by atoms with E-state index in [-0.39, 0.29) is 5.78 Å². The molecule has 2 N–H and O–H groups in total. The first kappa shape index (κ1) is 14.4. The molecule has 0 saturated carbocycles. The zero-order chi connectivity index (χ0) is 14.0. The molecular formula is C12H15BrN4OS. The van der Waals surface area contributed by atoms with Crippen LogP contribution in [0.5, 0.6) is 0 Å². The third kappa shape index (κ3) is 2.93. The number of nitrogens with zero attached hydrogens (tertiary/aromatic N) is 3. The van der Waals surface area contributed by atoms with Gasteiger partial charge in [0.2, 0.25) is 0 Å². The summed E-state index contributed by atoms with van der Waals surface area (Å²) in [5.74, 6) is -0.00810. The van der Waals surface area contributed by atoms with Gasteiger partial charge in [-0.25, -0.2) is 4.98 Å². The zero-order valence-corrected chi connectivity index (χ0v) is 13.2. The lowest BCUT2D eigenvalue weighted by Crippen LogP contribution is -2.11. The first-order valence-electron chi connectivity index (χ1n) is 5.96. The maximum atomic E-state index is 12.2. The highest BCUT2D eigenvalue weighted by atomic mass is 79.9. The lowest BCUT2D eigenvalue weighted by atomic mass is 10.1. The molecule has 0 aromatic carbocycles. The van der Waals surface area contributed by atoms with Gasteiger partial charge in [0, 0.05) is 18.5 Å². The Morgan fingerprint density at radius 2 is 2.32 bits per heavy atom. The van der Waals surface area contributed by atoms with Crippen molar-refractivity contribution in [3.05, 3.63) is 31.9 Å². The monoisotopic (exact) mass is 342 g/mol. The summed E-state index contributed by atoms with van der Waals surface area (Å²) in [6.07, 6.45) is 0.295. The van der Waals surface area contributed by atoms with Gasteiger partial charge in [-0.2, -0.15) is 5.10 Å². The minimum Gasteiger partial charge on any atom is -0.325 e. The van der Waals surface area contributed by atoms with Gasteiger partial charge in [-0.1, -0.05) is 0 Å². The topological polar surface area (TPSA) is 73.8 Å². The number of rotatable bonds is 5. The molecule has 0 unspecified atom stereocenters. The van der Waals surface area contributed by atoms with Crippen molar-refractivity contribution in [2.75, 3.05) is 0 Å². The molecule has 7 heteroatoms. The van der Waals surface area contributed by atoms with Crippen LogP contribution in [0.25, 0.3) is 0 Å². The van der Waals surface area contributed by atoms with Crippen molar-refractivity contribution in [3.63, 3.8) is 0 Å². The Hall–Kier alpha value is -1.05. The van der Waals surface area contributed by atoms with E-state index in [9.17, 15) is 4.79 Å². The lowest BCUT2D eigenvalue weighted by molar-refractivity contribution is 0.0986. The Morgan fingerprint density at radius 1 is 1.58 bits per heavy atom. The second-order valence-corrected chi connectivity index (χ2v) is 5.83. The first-order chi connectivity index (χ1) is 9.06. The molecule has 0 bridgehead atoms. The van der Waals surface area contributed by atoms with Gasteiger partial charge in [0.15, 0.2) is 5.78 Å². The molecule has 19 heavy (non-hydrogen) atoms. The van der Waals surface area contributed by atoms with Crippen LogP contribution in [0.2, 0.25) is 0 Å². The van der Waals surface area contributed by atoms with Gasteiger partial charge >= 0.3 is 0 Å². The molecule has 0 saturated heterocycles. The fourth-order valence-corrected chi connectivity index (χ4v) is 2.92. The Balaban J connectivity index is 2.23. The molecule has 2 heterocycles. The van der Waals surface area contributed by atoms with Gasteiger partial charge in [0.1, 0.15) is 10.7 Å². The van der Waals surface area contributed by atoms with Gasteiger partial charge < -0.3 is 5.73 Å². The van der Waals surface area contributed by atoms with E-state index in [0.29, 0.717) is 18.7 Å². The summed E-state index contributed by atoms with van der Waals surface area (Å²) in [6, 6.07) is 0. The van der Waals surface area contributed by atoms with Crippen LogP contribution >= 0.6 is 27.3 Å². The summed E-state index contributed by atoms with van der Waals surface area (Å²) in [7, 11) is 0. The van der Waals surface area contributed by atoms with E-state index in [0.717, 1.165) is 27.4 Å². The second kappa shape index (κ2) is 5.94. The number of aryl methyl sites for hydroxylation is 2. The lowest BCUT2D eigenvalue weighted by Gasteiger charge is -2.03. The van der Waals surface area contributed by atoms with E-state index in [1.165, 1.54) is 11.3 Å². The SMILES string of the molecule is CCn1nc(C)c(Br)c1CC(=O)c1csc(CN)n1. The number of carbonyl (C=O) groups excluding carboxylic acids is 1. The zero-order valence-electron chi connectivity index (χ0n) is 10.8. The summed E-state index contributed by atoms with van der Waals surface area (Å²) in [5, 5.41) is 6.92. The van der Waals surface area contributed by atoms with Gasteiger partial charge in [-0.05, 0) is 29.8 Å². The summed E-state index contributed by atoms with van der Waals surface area (Å²) in [6.45, 7) is 5.02. The molecule has 0 atom stereocenters. The standard InChI is InChI=1S/C12H15BrN4OS/c1-3-17-9(12(13)7(2)16-17)4-10(18)8-6-19-11(5-14)15-8/h6H,3-5,14H2,1-2H3. The third-order valence-corrected chi connectivity index (χ3v) is 4.70. The van der Waals surface area contributed by atoms with Crippen molar-refractivity contribution in [3.8, 4) is 0 Å². The Kier molecular flexibility index (Phi) is 4.49. The summed E-state index contributed by atoms with van der Waals surface area (Å²) >= 11 is 4.91. The molecule has 2 aromatic rings. The van der Waals surface area contributed by atoms with E-state index < -0.39 is 0 Å². The van der Waals surface area contributed by atoms with Crippen LogP contribution in [-0.2, 0) is 19.5 Å². The smallest absolute Gasteiger partial charge is 0.188 e. The number of aromatic nitrogens is 3. The van der Waals surface area contributed by atoms with E-state index in [1.807, 2.05) is 18.5 Å². The molecule has 5 nitrogen and oxygen atoms in total. The number of carbonyl (C=O) groups is 1. The maximum Gasteiger partial charge on any atom is 0.188 e. The number of hydrogen-bond donors (Lipinski definition) is 1. The van der Waals surface area contributed by atoms with E-state index >= 15 is 0 Å². The number of ketones is 1. The third-order valence-electron chi connectivity index (χ3n) is 2.79. The van der Waals surface area contributed by atoms with Crippen LogP contribution < -0.4 is 5.73 Å². The van der Waals surface area contributed by atoms with Gasteiger partial charge in [-0.15, -0.1) is 11.3 Å². The fraction of sp³-hybridized carbons (Fsp3) is 0.417. The fourth-order valence-electron chi connectivity index (χ4n) is 1.81. The summed E-state index contributed by atoms with van der Waals surface area (Å²) in [4.78, 5) is 16.4. The van der Waals surface area contributed by atoms with E-state index in [2.05, 4.69) is 26.0 Å². The van der Waals surface area contributed by atoms with Crippen LogP contribution in [0.4, 0.5) is 0 Å². The van der Waals surface area contributed by atoms with Crippen molar-refractivity contribution in [1.82, 2.24) is 14.8 Å². The van der Waals surface area contributed by atoms with Crippen molar-refractivity contribution in [1.29, 1.82) is 0 Å². The van der Waals surface area contributed by atoms with Crippen LogP contribution in [0.15, 0.2) is 9.85 Å². The van der Waals surface area contributed by atoms with Crippen molar-refractivity contribution >= 4 is 33.0 Å². The highest BCUT2D eigenvalue weighted by Gasteiger charge is 2.18. The molecule has 0 radical (unpaired) electrons. The largest absolute Gasteiger partial charge is 0.325 e. The molecule has 2 aromatic heterocycles. The minimum atomic E-state index is -0.00810. The molecule has 0 amide bonds. The average Bonchev–Trinajstić information content (AvgIpc) is 2.98. The molecule has 102 valence electrons. The van der Waals surface area contributed by atoms with Crippen molar-refractivity contribution in [2.24, 2.45) is 5.73 Å². The highest BCUT2D eigenvalue weighted by molar-refractivity contribution is 9.10. The van der Waals surface area contributed by atoms with Crippen LogP contribution in [0.3, 0.4) is 0 Å². The van der Waals surface area contributed by atoms with Crippen molar-refractivity contribution in [2.45, 2.75) is 33.4 Å². The maximum absolute atomic E-state index is 12.2. The Morgan fingerprint density at radius 3 is 2.89 bits per heavy atom. The van der Waals surface area contributed by atoms with Crippen LogP contribution in [0.1, 0.15) is 33.8 Å². The highest BCUT2D eigenvalue weighted by Crippen LogP contribution is 2.23. The van der Waals surface area contributed by atoms with Gasteiger partial charge in [0.05, 0.1) is 22.3 Å². The molecule has 0 fully saturated rings. The first-order valence-corrected chi connectivity index (χ1v) is 7.63. The normalized spacial score (nSPS) is 10.9. The number of nitrogens with two attached hydrogens (primary N) is 1. The number of Topliss-reactive ketones (excluding diaryl/α,β-unsaturated/α-hetero) is 1. The quantitative estimate of drug-likeness (QED) is 0.846. The molecule has 0 aliphatic heterocycles. The predicted molar refractivity (Wildman–Crippen MR) is 78.4 cm³/mol. The minimum absolute atomic E-state index is 0.00810. The Labute approximate surface area is 124 Å². The molecular weight excluding hydrogens is 328 g/mol. The van der Waals surface area contributed by atoms with Crippen LogP contribution in [-0.4, -0.2) is 20.5 Å². The second-order valence-electron chi connectivity index (χ2n) is 4.09.